The number of carbonyl (C=O) groups is 1. The molecule has 0 saturated carbocycles. The molecular formula is C15H22N2O2. The average molecular weight is 262 g/mol. The first kappa shape index (κ1) is 14.0. The number of hydrogen-bond acceptors (Lipinski definition) is 3. The number of carbonyl (C=O) groups excluding carboxylic acids is 1. The molecule has 4 heteroatoms. The molecule has 0 atom stereocenters. The van der Waals surface area contributed by atoms with Gasteiger partial charge in [0.25, 0.3) is 0 Å². The molecule has 19 heavy (non-hydrogen) atoms. The van der Waals surface area contributed by atoms with Gasteiger partial charge in [0.1, 0.15) is 0 Å². The lowest BCUT2D eigenvalue weighted by Crippen LogP contribution is -2.61. The SMILES string of the molecule is CC(C)c1ccccc1NC(=O)CN1CC(C)(O)C1. The van der Waals surface area contributed by atoms with Gasteiger partial charge in [0, 0.05) is 18.8 Å². The van der Waals surface area contributed by atoms with E-state index in [2.05, 4.69) is 19.2 Å². The van der Waals surface area contributed by atoms with E-state index in [9.17, 15) is 9.90 Å². The third kappa shape index (κ3) is 3.55. The first-order valence-electron chi connectivity index (χ1n) is 6.71. The second-order valence-electron chi connectivity index (χ2n) is 5.93. The van der Waals surface area contributed by atoms with E-state index in [1.54, 1.807) is 6.92 Å². The van der Waals surface area contributed by atoms with Crippen molar-refractivity contribution in [1.82, 2.24) is 4.90 Å². The Balaban J connectivity index is 1.93. The number of amides is 1. The Morgan fingerprint density at radius 3 is 2.63 bits per heavy atom. The third-order valence-corrected chi connectivity index (χ3v) is 3.35. The van der Waals surface area contributed by atoms with Crippen LogP contribution in [0.3, 0.4) is 0 Å². The highest BCUT2D eigenvalue weighted by Gasteiger charge is 2.37. The largest absolute Gasteiger partial charge is 0.388 e. The van der Waals surface area contributed by atoms with Crippen molar-refractivity contribution < 1.29 is 9.90 Å². The van der Waals surface area contributed by atoms with Crippen LogP contribution in [0, 0.1) is 0 Å². The molecule has 1 aromatic carbocycles. The van der Waals surface area contributed by atoms with Gasteiger partial charge in [-0.15, -0.1) is 0 Å². The molecule has 1 saturated heterocycles. The van der Waals surface area contributed by atoms with Gasteiger partial charge >= 0.3 is 0 Å². The minimum absolute atomic E-state index is 0.0244. The molecule has 1 aliphatic rings. The van der Waals surface area contributed by atoms with Gasteiger partial charge in [0.2, 0.25) is 5.91 Å². The number of β-amino-alcohol motifs (C(OH)–C–C–N with tert-alkyl or cyclic N) is 1. The van der Waals surface area contributed by atoms with Crippen molar-refractivity contribution in [3.05, 3.63) is 29.8 Å². The lowest BCUT2D eigenvalue weighted by molar-refractivity contribution is -0.125. The summed E-state index contributed by atoms with van der Waals surface area (Å²) in [6.45, 7) is 7.46. The fourth-order valence-electron chi connectivity index (χ4n) is 2.54. The van der Waals surface area contributed by atoms with Crippen molar-refractivity contribution >= 4 is 11.6 Å². The highest BCUT2D eigenvalue weighted by atomic mass is 16.3. The van der Waals surface area contributed by atoms with Crippen LogP contribution >= 0.6 is 0 Å². The van der Waals surface area contributed by atoms with Gasteiger partial charge < -0.3 is 10.4 Å². The number of rotatable bonds is 4. The summed E-state index contributed by atoms with van der Waals surface area (Å²) in [6.07, 6.45) is 0. The lowest BCUT2D eigenvalue weighted by Gasteiger charge is -2.43. The van der Waals surface area contributed by atoms with Crippen LogP contribution in [-0.2, 0) is 4.79 Å². The van der Waals surface area contributed by atoms with E-state index < -0.39 is 5.60 Å². The van der Waals surface area contributed by atoms with Crippen LogP contribution < -0.4 is 5.32 Å². The van der Waals surface area contributed by atoms with Gasteiger partial charge in [-0.3, -0.25) is 9.69 Å². The van der Waals surface area contributed by atoms with Crippen LogP contribution in [0.2, 0.25) is 0 Å². The molecule has 104 valence electrons. The molecule has 4 nitrogen and oxygen atoms in total. The average Bonchev–Trinajstić information content (AvgIpc) is 2.26. The number of aliphatic hydroxyl groups is 1. The maximum atomic E-state index is 12.0. The number of hydrogen-bond donors (Lipinski definition) is 2. The predicted molar refractivity (Wildman–Crippen MR) is 76.2 cm³/mol. The summed E-state index contributed by atoms with van der Waals surface area (Å²) < 4.78 is 0. The Hall–Kier alpha value is -1.39. The smallest absolute Gasteiger partial charge is 0.238 e. The quantitative estimate of drug-likeness (QED) is 0.870. The maximum Gasteiger partial charge on any atom is 0.238 e. The number of benzene rings is 1. The molecule has 0 bridgehead atoms. The van der Waals surface area contributed by atoms with E-state index >= 15 is 0 Å². The zero-order valence-electron chi connectivity index (χ0n) is 11.8. The Kier molecular flexibility index (Phi) is 3.92. The standard InChI is InChI=1S/C15H22N2O2/c1-11(2)12-6-4-5-7-13(12)16-14(18)8-17-9-15(3,19)10-17/h4-7,11,19H,8-10H2,1-3H3,(H,16,18). The molecule has 0 radical (unpaired) electrons. The van der Waals surface area contributed by atoms with Crippen LogP contribution in [0.25, 0.3) is 0 Å². The number of likely N-dealkylation sites (tertiary alicyclic amines) is 1. The van der Waals surface area contributed by atoms with Crippen molar-refractivity contribution in [2.45, 2.75) is 32.3 Å². The first-order valence-corrected chi connectivity index (χ1v) is 6.71. The maximum absolute atomic E-state index is 12.0. The molecule has 1 fully saturated rings. The normalized spacial score (nSPS) is 18.2. The monoisotopic (exact) mass is 262 g/mol. The predicted octanol–water partition coefficient (Wildman–Crippen LogP) is 1.82. The molecule has 0 aromatic heterocycles. The van der Waals surface area contributed by atoms with Crippen molar-refractivity contribution in [2.75, 3.05) is 25.0 Å². The van der Waals surface area contributed by atoms with Gasteiger partial charge in [-0.25, -0.2) is 0 Å². The zero-order chi connectivity index (χ0) is 14.0. The molecule has 2 rings (SSSR count). The minimum Gasteiger partial charge on any atom is -0.388 e. The number of nitrogens with one attached hydrogen (secondary N) is 1. The molecule has 1 aromatic rings. The molecule has 2 N–H and O–H groups in total. The minimum atomic E-state index is -0.629. The number of para-hydroxylation sites is 1. The van der Waals surface area contributed by atoms with Crippen LogP contribution in [0.1, 0.15) is 32.3 Å². The molecule has 0 unspecified atom stereocenters. The van der Waals surface area contributed by atoms with E-state index in [-0.39, 0.29) is 5.91 Å². The van der Waals surface area contributed by atoms with Crippen LogP contribution in [0.5, 0.6) is 0 Å². The molecule has 1 amide bonds. The van der Waals surface area contributed by atoms with Crippen molar-refractivity contribution in [3.8, 4) is 0 Å². The fraction of sp³-hybridized carbons (Fsp3) is 0.533. The topological polar surface area (TPSA) is 52.6 Å². The summed E-state index contributed by atoms with van der Waals surface area (Å²) in [5.41, 5.74) is 1.40. The van der Waals surface area contributed by atoms with E-state index in [0.717, 1.165) is 11.3 Å². The van der Waals surface area contributed by atoms with E-state index in [1.165, 1.54) is 0 Å². The second-order valence-corrected chi connectivity index (χ2v) is 5.93. The van der Waals surface area contributed by atoms with Crippen molar-refractivity contribution in [3.63, 3.8) is 0 Å². The molecular weight excluding hydrogens is 240 g/mol. The summed E-state index contributed by atoms with van der Waals surface area (Å²) in [4.78, 5) is 13.9. The molecule has 0 aliphatic carbocycles. The summed E-state index contributed by atoms with van der Waals surface area (Å²) >= 11 is 0. The summed E-state index contributed by atoms with van der Waals surface area (Å²) in [7, 11) is 0. The van der Waals surface area contributed by atoms with Crippen LogP contribution in [-0.4, -0.2) is 41.1 Å². The molecule has 1 heterocycles. The Labute approximate surface area is 114 Å². The van der Waals surface area contributed by atoms with E-state index in [4.69, 9.17) is 0 Å². The second kappa shape index (κ2) is 5.31. The first-order chi connectivity index (χ1) is 8.87. The summed E-state index contributed by atoms with van der Waals surface area (Å²) in [5.74, 6) is 0.352. The number of anilines is 1. The van der Waals surface area contributed by atoms with E-state index in [1.807, 2.05) is 29.2 Å². The zero-order valence-corrected chi connectivity index (χ0v) is 11.8. The summed E-state index contributed by atoms with van der Waals surface area (Å²) in [6, 6.07) is 7.88. The summed E-state index contributed by atoms with van der Waals surface area (Å²) in [5, 5.41) is 12.6. The highest BCUT2D eigenvalue weighted by molar-refractivity contribution is 5.93. The molecule has 1 aliphatic heterocycles. The van der Waals surface area contributed by atoms with Crippen LogP contribution in [0.4, 0.5) is 5.69 Å². The van der Waals surface area contributed by atoms with Crippen molar-refractivity contribution in [1.29, 1.82) is 0 Å². The number of nitrogens with zero attached hydrogens (tertiary/aromatic N) is 1. The van der Waals surface area contributed by atoms with Gasteiger partial charge in [0.05, 0.1) is 12.1 Å². The van der Waals surface area contributed by atoms with Gasteiger partial charge in [-0.05, 0) is 24.5 Å². The molecule has 0 spiro atoms. The highest BCUT2D eigenvalue weighted by Crippen LogP contribution is 2.24. The fourth-order valence-corrected chi connectivity index (χ4v) is 2.54. The van der Waals surface area contributed by atoms with Crippen LogP contribution in [0.15, 0.2) is 24.3 Å². The Bertz CT molecular complexity index is 461. The Morgan fingerprint density at radius 2 is 2.05 bits per heavy atom. The Morgan fingerprint density at radius 1 is 1.42 bits per heavy atom. The van der Waals surface area contributed by atoms with E-state index in [0.29, 0.717) is 25.6 Å². The lowest BCUT2D eigenvalue weighted by atomic mass is 9.97. The van der Waals surface area contributed by atoms with Crippen molar-refractivity contribution in [2.24, 2.45) is 0 Å². The van der Waals surface area contributed by atoms with Gasteiger partial charge in [-0.2, -0.15) is 0 Å². The van der Waals surface area contributed by atoms with Gasteiger partial charge in [-0.1, -0.05) is 32.0 Å². The van der Waals surface area contributed by atoms with Gasteiger partial charge in [0.15, 0.2) is 0 Å². The third-order valence-electron chi connectivity index (χ3n) is 3.35.